The normalized spacial score (nSPS) is 36.3. The van der Waals surface area contributed by atoms with E-state index in [1.807, 2.05) is 0 Å². The highest BCUT2D eigenvalue weighted by Crippen LogP contribution is 2.39. The van der Waals surface area contributed by atoms with Crippen LogP contribution in [0.4, 0.5) is 0 Å². The quantitative estimate of drug-likeness (QED) is 0.582. The summed E-state index contributed by atoms with van der Waals surface area (Å²) in [6.45, 7) is 6.94. The Morgan fingerprint density at radius 3 is 2.40 bits per heavy atom. The fraction of sp³-hybridized carbons (Fsp3) is 0.818. The summed E-state index contributed by atoms with van der Waals surface area (Å²) in [5.41, 5.74) is 0.0144. The van der Waals surface area contributed by atoms with E-state index in [1.54, 1.807) is 7.05 Å². The van der Waals surface area contributed by atoms with Crippen molar-refractivity contribution in [2.75, 3.05) is 13.6 Å². The molecule has 2 rings (SSSR count). The Hall–Kier alpha value is -0.900. The molecule has 2 saturated heterocycles. The van der Waals surface area contributed by atoms with Crippen LogP contribution in [0.15, 0.2) is 0 Å². The van der Waals surface area contributed by atoms with E-state index >= 15 is 0 Å². The molecule has 3 unspecified atom stereocenters. The van der Waals surface area contributed by atoms with Crippen LogP contribution in [0, 0.1) is 17.3 Å². The number of fused-ring (bicyclic) bond motifs is 1. The molecule has 0 saturated carbocycles. The number of carbonyl (C=O) groups is 2. The SMILES string of the molecule is CN1C(=O)C2CNC(C(C)(C)C)C2C1=O. The Labute approximate surface area is 90.0 Å². The van der Waals surface area contributed by atoms with Crippen LogP contribution in [-0.2, 0) is 9.59 Å². The molecule has 2 aliphatic rings. The fourth-order valence-electron chi connectivity index (χ4n) is 2.72. The predicted molar refractivity (Wildman–Crippen MR) is 56.0 cm³/mol. The molecule has 84 valence electrons. The maximum atomic E-state index is 11.9. The van der Waals surface area contributed by atoms with Gasteiger partial charge in [0.2, 0.25) is 11.8 Å². The molecule has 0 aromatic carbocycles. The highest BCUT2D eigenvalue weighted by molar-refractivity contribution is 6.05. The zero-order valence-electron chi connectivity index (χ0n) is 9.70. The monoisotopic (exact) mass is 210 g/mol. The summed E-state index contributed by atoms with van der Waals surface area (Å²) in [6.07, 6.45) is 0. The van der Waals surface area contributed by atoms with Crippen LogP contribution in [0.1, 0.15) is 20.8 Å². The Morgan fingerprint density at radius 2 is 1.87 bits per heavy atom. The summed E-state index contributed by atoms with van der Waals surface area (Å²) in [5.74, 6) is -0.326. The van der Waals surface area contributed by atoms with Crippen LogP contribution in [-0.4, -0.2) is 36.3 Å². The number of hydrogen-bond donors (Lipinski definition) is 1. The summed E-state index contributed by atoms with van der Waals surface area (Å²) < 4.78 is 0. The lowest BCUT2D eigenvalue weighted by molar-refractivity contribution is -0.139. The van der Waals surface area contributed by atoms with Crippen molar-refractivity contribution in [3.8, 4) is 0 Å². The number of likely N-dealkylation sites (tertiary alicyclic amines) is 1. The van der Waals surface area contributed by atoms with Gasteiger partial charge in [-0.25, -0.2) is 0 Å². The van der Waals surface area contributed by atoms with E-state index in [9.17, 15) is 9.59 Å². The zero-order valence-corrected chi connectivity index (χ0v) is 9.70. The molecule has 0 aromatic heterocycles. The Kier molecular flexibility index (Phi) is 2.15. The van der Waals surface area contributed by atoms with Crippen molar-refractivity contribution in [1.29, 1.82) is 0 Å². The second kappa shape index (κ2) is 3.04. The van der Waals surface area contributed by atoms with Gasteiger partial charge < -0.3 is 5.32 Å². The van der Waals surface area contributed by atoms with Crippen molar-refractivity contribution in [3.63, 3.8) is 0 Å². The van der Waals surface area contributed by atoms with Gasteiger partial charge in [-0.15, -0.1) is 0 Å². The van der Waals surface area contributed by atoms with Crippen molar-refractivity contribution in [2.45, 2.75) is 26.8 Å². The summed E-state index contributed by atoms with van der Waals surface area (Å²) >= 11 is 0. The molecule has 2 amide bonds. The first-order chi connectivity index (χ1) is 6.84. The molecule has 0 radical (unpaired) electrons. The number of carbonyl (C=O) groups excluding carboxylic acids is 2. The molecule has 3 atom stereocenters. The second-order valence-corrected chi connectivity index (χ2v) is 5.62. The minimum absolute atomic E-state index is 0.0144. The molecule has 0 bridgehead atoms. The van der Waals surface area contributed by atoms with E-state index in [0.29, 0.717) is 6.54 Å². The molecule has 0 aromatic rings. The minimum atomic E-state index is -0.150. The van der Waals surface area contributed by atoms with Crippen LogP contribution < -0.4 is 5.32 Å². The van der Waals surface area contributed by atoms with Gasteiger partial charge in [0.25, 0.3) is 0 Å². The van der Waals surface area contributed by atoms with Crippen molar-refractivity contribution >= 4 is 11.8 Å². The summed E-state index contributed by atoms with van der Waals surface area (Å²) in [4.78, 5) is 24.9. The molecule has 1 N–H and O–H groups in total. The Balaban J connectivity index is 2.31. The molecule has 4 nitrogen and oxygen atoms in total. The molecule has 4 heteroatoms. The highest BCUT2D eigenvalue weighted by atomic mass is 16.2. The van der Waals surface area contributed by atoms with Gasteiger partial charge in [0, 0.05) is 19.6 Å². The van der Waals surface area contributed by atoms with Gasteiger partial charge >= 0.3 is 0 Å². The Bertz CT molecular complexity index is 319. The third kappa shape index (κ3) is 1.39. The standard InChI is InChI=1S/C11H18N2O2/c1-11(2,3)8-7-6(5-12-8)9(14)13(4)10(7)15/h6-8,12H,5H2,1-4H3. The molecule has 2 heterocycles. The van der Waals surface area contributed by atoms with Crippen molar-refractivity contribution < 1.29 is 9.59 Å². The van der Waals surface area contributed by atoms with E-state index < -0.39 is 0 Å². The van der Waals surface area contributed by atoms with Crippen molar-refractivity contribution in [3.05, 3.63) is 0 Å². The van der Waals surface area contributed by atoms with Crippen molar-refractivity contribution in [2.24, 2.45) is 17.3 Å². The maximum absolute atomic E-state index is 11.9. The highest BCUT2D eigenvalue weighted by Gasteiger charge is 2.55. The van der Waals surface area contributed by atoms with Crippen molar-refractivity contribution in [1.82, 2.24) is 10.2 Å². The van der Waals surface area contributed by atoms with E-state index in [2.05, 4.69) is 26.1 Å². The molecule has 15 heavy (non-hydrogen) atoms. The van der Waals surface area contributed by atoms with Gasteiger partial charge in [0.1, 0.15) is 0 Å². The molecule has 2 fully saturated rings. The summed E-state index contributed by atoms with van der Waals surface area (Å²) in [6, 6.07) is 0.115. The second-order valence-electron chi connectivity index (χ2n) is 5.62. The number of rotatable bonds is 0. The van der Waals surface area contributed by atoms with Crippen LogP contribution in [0.5, 0.6) is 0 Å². The van der Waals surface area contributed by atoms with Gasteiger partial charge in [-0.1, -0.05) is 20.8 Å². The molecule has 0 aliphatic carbocycles. The first-order valence-corrected chi connectivity index (χ1v) is 5.39. The summed E-state index contributed by atoms with van der Waals surface area (Å²) in [7, 11) is 1.59. The first-order valence-electron chi connectivity index (χ1n) is 5.39. The molecule has 0 spiro atoms. The fourth-order valence-corrected chi connectivity index (χ4v) is 2.72. The molecular weight excluding hydrogens is 192 g/mol. The van der Waals surface area contributed by atoms with Crippen LogP contribution in [0.3, 0.4) is 0 Å². The zero-order chi connectivity index (χ0) is 11.4. The summed E-state index contributed by atoms with van der Waals surface area (Å²) in [5, 5.41) is 3.31. The number of nitrogens with zero attached hydrogens (tertiary/aromatic N) is 1. The average molecular weight is 210 g/mol. The minimum Gasteiger partial charge on any atom is -0.312 e. The van der Waals surface area contributed by atoms with Gasteiger partial charge in [-0.05, 0) is 5.41 Å². The van der Waals surface area contributed by atoms with Gasteiger partial charge in [0.05, 0.1) is 11.8 Å². The van der Waals surface area contributed by atoms with Gasteiger partial charge in [-0.2, -0.15) is 0 Å². The third-order valence-electron chi connectivity index (χ3n) is 3.55. The lowest BCUT2D eigenvalue weighted by Crippen LogP contribution is -2.44. The van der Waals surface area contributed by atoms with E-state index in [0.717, 1.165) is 0 Å². The number of imide groups is 1. The predicted octanol–water partition coefficient (Wildman–Crippen LogP) is 0.235. The molecule has 2 aliphatic heterocycles. The third-order valence-corrected chi connectivity index (χ3v) is 3.55. The molecular formula is C11H18N2O2. The number of nitrogens with one attached hydrogen (secondary N) is 1. The first kappa shape index (κ1) is 10.6. The van der Waals surface area contributed by atoms with Gasteiger partial charge in [0.15, 0.2) is 0 Å². The number of amides is 2. The lowest BCUT2D eigenvalue weighted by atomic mass is 9.78. The number of hydrogen-bond acceptors (Lipinski definition) is 3. The van der Waals surface area contributed by atoms with Crippen LogP contribution >= 0.6 is 0 Å². The average Bonchev–Trinajstić information content (AvgIpc) is 2.63. The Morgan fingerprint density at radius 1 is 1.27 bits per heavy atom. The smallest absolute Gasteiger partial charge is 0.234 e. The van der Waals surface area contributed by atoms with E-state index in [-0.39, 0.29) is 35.1 Å². The lowest BCUT2D eigenvalue weighted by Gasteiger charge is -2.30. The van der Waals surface area contributed by atoms with Crippen LogP contribution in [0.2, 0.25) is 0 Å². The van der Waals surface area contributed by atoms with E-state index in [1.165, 1.54) is 4.90 Å². The van der Waals surface area contributed by atoms with Crippen LogP contribution in [0.25, 0.3) is 0 Å². The van der Waals surface area contributed by atoms with E-state index in [4.69, 9.17) is 0 Å². The van der Waals surface area contributed by atoms with Gasteiger partial charge in [-0.3, -0.25) is 14.5 Å². The largest absolute Gasteiger partial charge is 0.312 e. The maximum Gasteiger partial charge on any atom is 0.234 e. The topological polar surface area (TPSA) is 49.4 Å².